The molecule has 0 aromatic carbocycles. The molecule has 1 unspecified atom stereocenters. The van der Waals surface area contributed by atoms with E-state index in [0.717, 1.165) is 44.9 Å². The fraction of sp³-hybridized carbons (Fsp3) is 0.850. The summed E-state index contributed by atoms with van der Waals surface area (Å²) in [4.78, 5) is 35.4. The summed E-state index contributed by atoms with van der Waals surface area (Å²) >= 11 is 0. The Morgan fingerprint density at radius 3 is 2.62 bits per heavy atom. The normalized spacial score (nSPS) is 21.7. The smallest absolute Gasteiger partial charge is 0.305 e. The van der Waals surface area contributed by atoms with Crippen molar-refractivity contribution < 1.29 is 19.1 Å². The van der Waals surface area contributed by atoms with Crippen LogP contribution in [-0.2, 0) is 19.1 Å². The van der Waals surface area contributed by atoms with Crippen molar-refractivity contribution in [3.8, 4) is 0 Å². The molecule has 0 N–H and O–H groups in total. The first-order valence-electron chi connectivity index (χ1n) is 9.59. The third-order valence-corrected chi connectivity index (χ3v) is 5.31. The lowest BCUT2D eigenvalue weighted by molar-refractivity contribution is -0.141. The van der Waals surface area contributed by atoms with E-state index in [4.69, 9.17) is 4.74 Å². The molecule has 0 heterocycles. The number of ketones is 2. The monoisotopic (exact) mass is 338 g/mol. The Labute approximate surface area is 146 Å². The first-order chi connectivity index (χ1) is 11.5. The minimum Gasteiger partial charge on any atom is -0.469 e. The zero-order valence-corrected chi connectivity index (χ0v) is 15.6. The van der Waals surface area contributed by atoms with Crippen LogP contribution in [0.3, 0.4) is 0 Å². The molecule has 4 nitrogen and oxygen atoms in total. The summed E-state index contributed by atoms with van der Waals surface area (Å²) in [5.41, 5.74) is 0. The predicted molar refractivity (Wildman–Crippen MR) is 94.6 cm³/mol. The summed E-state index contributed by atoms with van der Waals surface area (Å²) in [6.07, 6.45) is 9.12. The number of carbonyl (C=O) groups is 3. The SMILES string of the molecule is CCCCCC(=O)CC[C@H]1CCC(=O)[C@H]1CCC(C)CC(=O)OC. The molecular formula is C20H34O4. The van der Waals surface area contributed by atoms with Crippen LogP contribution in [0.1, 0.15) is 84.5 Å². The Kier molecular flexibility index (Phi) is 9.89. The molecule has 0 amide bonds. The molecular weight excluding hydrogens is 304 g/mol. The van der Waals surface area contributed by atoms with Gasteiger partial charge in [0.1, 0.15) is 11.6 Å². The molecule has 24 heavy (non-hydrogen) atoms. The molecule has 1 fully saturated rings. The van der Waals surface area contributed by atoms with Crippen LogP contribution >= 0.6 is 0 Å². The number of rotatable bonds is 12. The fourth-order valence-electron chi connectivity index (χ4n) is 3.70. The Bertz CT molecular complexity index is 416. The lowest BCUT2D eigenvalue weighted by atomic mass is 9.84. The Morgan fingerprint density at radius 1 is 1.21 bits per heavy atom. The maximum absolute atomic E-state index is 12.2. The summed E-state index contributed by atoms with van der Waals surface area (Å²) in [6.45, 7) is 4.17. The molecule has 3 atom stereocenters. The van der Waals surface area contributed by atoms with E-state index in [0.29, 0.717) is 43.2 Å². The third kappa shape index (κ3) is 7.59. The zero-order chi connectivity index (χ0) is 17.9. The minimum absolute atomic E-state index is 0.0912. The van der Waals surface area contributed by atoms with E-state index in [9.17, 15) is 14.4 Å². The van der Waals surface area contributed by atoms with E-state index in [1.54, 1.807) is 0 Å². The van der Waals surface area contributed by atoms with Crippen molar-refractivity contribution in [3.63, 3.8) is 0 Å². The van der Waals surface area contributed by atoms with Gasteiger partial charge in [0.15, 0.2) is 0 Å². The molecule has 0 saturated heterocycles. The van der Waals surface area contributed by atoms with Crippen molar-refractivity contribution in [3.05, 3.63) is 0 Å². The Balaban J connectivity index is 2.35. The molecule has 0 aliphatic heterocycles. The van der Waals surface area contributed by atoms with Crippen LogP contribution in [0, 0.1) is 17.8 Å². The number of ether oxygens (including phenoxy) is 1. The van der Waals surface area contributed by atoms with Crippen molar-refractivity contribution >= 4 is 17.5 Å². The minimum atomic E-state index is -0.186. The molecule has 0 bridgehead atoms. The van der Waals surface area contributed by atoms with Gasteiger partial charge in [0.05, 0.1) is 7.11 Å². The lowest BCUT2D eigenvalue weighted by Gasteiger charge is -2.19. The largest absolute Gasteiger partial charge is 0.469 e. The number of Topliss-reactive ketones (excluding diaryl/α,β-unsaturated/α-hetero) is 2. The highest BCUT2D eigenvalue weighted by Gasteiger charge is 2.34. The topological polar surface area (TPSA) is 60.4 Å². The summed E-state index contributed by atoms with van der Waals surface area (Å²) in [6, 6.07) is 0. The average Bonchev–Trinajstić information content (AvgIpc) is 2.91. The third-order valence-electron chi connectivity index (χ3n) is 5.31. The number of hydrogen-bond acceptors (Lipinski definition) is 4. The molecule has 0 spiro atoms. The Hall–Kier alpha value is -1.19. The van der Waals surface area contributed by atoms with Gasteiger partial charge in [0.25, 0.3) is 0 Å². The van der Waals surface area contributed by atoms with E-state index in [1.807, 2.05) is 6.92 Å². The molecule has 4 heteroatoms. The first kappa shape index (κ1) is 20.9. The molecule has 138 valence electrons. The van der Waals surface area contributed by atoms with Crippen molar-refractivity contribution in [2.24, 2.45) is 17.8 Å². The number of methoxy groups -OCH3 is 1. The van der Waals surface area contributed by atoms with Crippen LogP contribution in [0.15, 0.2) is 0 Å². The molecule has 0 aromatic rings. The highest BCUT2D eigenvalue weighted by molar-refractivity contribution is 5.83. The first-order valence-corrected chi connectivity index (χ1v) is 9.59. The van der Waals surface area contributed by atoms with Gasteiger partial charge in [-0.1, -0.05) is 26.7 Å². The van der Waals surface area contributed by atoms with Gasteiger partial charge in [-0.05, 0) is 43.9 Å². The maximum atomic E-state index is 12.2. The van der Waals surface area contributed by atoms with Gasteiger partial charge in [-0.25, -0.2) is 0 Å². The van der Waals surface area contributed by atoms with Gasteiger partial charge >= 0.3 is 5.97 Å². The van der Waals surface area contributed by atoms with E-state index in [-0.39, 0.29) is 17.8 Å². The molecule has 0 radical (unpaired) electrons. The van der Waals surface area contributed by atoms with Crippen LogP contribution in [0.2, 0.25) is 0 Å². The van der Waals surface area contributed by atoms with Gasteiger partial charge in [0, 0.05) is 31.6 Å². The van der Waals surface area contributed by atoms with Crippen LogP contribution < -0.4 is 0 Å². The van der Waals surface area contributed by atoms with E-state index >= 15 is 0 Å². The van der Waals surface area contributed by atoms with Crippen LogP contribution in [0.5, 0.6) is 0 Å². The highest BCUT2D eigenvalue weighted by Crippen LogP contribution is 2.36. The number of carbonyl (C=O) groups excluding carboxylic acids is 3. The van der Waals surface area contributed by atoms with Crippen LogP contribution in [0.25, 0.3) is 0 Å². The average molecular weight is 338 g/mol. The molecule has 0 aromatic heterocycles. The van der Waals surface area contributed by atoms with Crippen molar-refractivity contribution in [1.29, 1.82) is 0 Å². The fourth-order valence-corrected chi connectivity index (χ4v) is 3.70. The summed E-state index contributed by atoms with van der Waals surface area (Å²) in [5.74, 6) is 1.20. The van der Waals surface area contributed by atoms with Crippen molar-refractivity contribution in [1.82, 2.24) is 0 Å². The van der Waals surface area contributed by atoms with Crippen molar-refractivity contribution in [2.75, 3.05) is 7.11 Å². The van der Waals surface area contributed by atoms with Gasteiger partial charge in [-0.15, -0.1) is 0 Å². The maximum Gasteiger partial charge on any atom is 0.305 e. The second kappa shape index (κ2) is 11.4. The standard InChI is InChI=1S/C20H34O4/c1-4-5-6-7-17(21)11-9-16-10-13-19(22)18(16)12-8-15(2)14-20(23)24-3/h15-16,18H,4-14H2,1-3H3/t15?,16-,18-/m0/s1. The number of hydrogen-bond donors (Lipinski definition) is 0. The quantitative estimate of drug-likeness (QED) is 0.388. The van der Waals surface area contributed by atoms with E-state index in [1.165, 1.54) is 7.11 Å². The molecule has 1 rings (SSSR count). The van der Waals surface area contributed by atoms with Gasteiger partial charge in [-0.2, -0.15) is 0 Å². The van der Waals surface area contributed by atoms with Crippen molar-refractivity contribution in [2.45, 2.75) is 84.5 Å². The van der Waals surface area contributed by atoms with Crippen LogP contribution in [-0.4, -0.2) is 24.6 Å². The molecule has 1 aliphatic carbocycles. The number of unbranched alkanes of at least 4 members (excludes halogenated alkanes) is 2. The second-order valence-electron chi connectivity index (χ2n) is 7.37. The zero-order valence-electron chi connectivity index (χ0n) is 15.6. The van der Waals surface area contributed by atoms with Crippen LogP contribution in [0.4, 0.5) is 0 Å². The summed E-state index contributed by atoms with van der Waals surface area (Å²) in [5, 5.41) is 0. The Morgan fingerprint density at radius 2 is 1.96 bits per heavy atom. The van der Waals surface area contributed by atoms with Gasteiger partial charge < -0.3 is 4.74 Å². The lowest BCUT2D eigenvalue weighted by Crippen LogP contribution is -2.18. The summed E-state index contributed by atoms with van der Waals surface area (Å²) < 4.78 is 4.70. The highest BCUT2D eigenvalue weighted by atomic mass is 16.5. The molecule has 1 saturated carbocycles. The molecule has 1 aliphatic rings. The van der Waals surface area contributed by atoms with E-state index < -0.39 is 0 Å². The number of esters is 1. The second-order valence-corrected chi connectivity index (χ2v) is 7.37. The van der Waals surface area contributed by atoms with Gasteiger partial charge in [-0.3, -0.25) is 14.4 Å². The summed E-state index contributed by atoms with van der Waals surface area (Å²) in [7, 11) is 1.41. The predicted octanol–water partition coefficient (Wildman–Crippen LogP) is 4.49. The van der Waals surface area contributed by atoms with Gasteiger partial charge in [0.2, 0.25) is 0 Å². The van der Waals surface area contributed by atoms with E-state index in [2.05, 4.69) is 6.92 Å².